The minimum absolute atomic E-state index is 0.000506. The van der Waals surface area contributed by atoms with Crippen LogP contribution in [-0.2, 0) is 0 Å². The van der Waals surface area contributed by atoms with Gasteiger partial charge in [0.25, 0.3) is 5.91 Å². The molecule has 0 saturated carbocycles. The third kappa shape index (κ3) is 3.41. The third-order valence-electron chi connectivity index (χ3n) is 5.85. The van der Waals surface area contributed by atoms with E-state index in [4.69, 9.17) is 13.3 Å². The van der Waals surface area contributed by atoms with Gasteiger partial charge in [0.2, 0.25) is 11.2 Å². The molecule has 6 rings (SSSR count). The molecular formula is C28H17NO6. The minimum Gasteiger partial charge on any atom is -0.450 e. The Bertz CT molecular complexity index is 1840. The molecule has 35 heavy (non-hydrogen) atoms. The Morgan fingerprint density at radius 2 is 1.40 bits per heavy atom. The van der Waals surface area contributed by atoms with Gasteiger partial charge in [-0.05, 0) is 31.2 Å². The van der Waals surface area contributed by atoms with E-state index in [1.165, 1.54) is 6.07 Å². The number of anilines is 1. The fraction of sp³-hybridized carbons (Fsp3) is 0.0357. The standard InChI is InChI=1S/C28H17NO6/c1-15-10-12-16(13-11-15)24(30)26-23(17-6-2-4-8-20(17)33-26)29-27(32)22-14-19-25(31)18-7-3-5-9-21(18)34-28(19)35-22/h2-14H,1H3,(H,29,32). The van der Waals surface area contributed by atoms with Crippen LogP contribution < -0.4 is 10.7 Å². The molecule has 6 aromatic rings. The summed E-state index contributed by atoms with van der Waals surface area (Å²) in [7, 11) is 0. The topological polar surface area (TPSA) is 103 Å². The normalized spacial score (nSPS) is 11.3. The van der Waals surface area contributed by atoms with Crippen molar-refractivity contribution < 1.29 is 22.8 Å². The minimum atomic E-state index is -0.649. The Hall–Kier alpha value is -4.91. The number of ketones is 1. The lowest BCUT2D eigenvalue weighted by Gasteiger charge is -2.05. The first-order chi connectivity index (χ1) is 17.0. The van der Waals surface area contributed by atoms with Gasteiger partial charge in [0.15, 0.2) is 11.5 Å². The highest BCUT2D eigenvalue weighted by atomic mass is 16.5. The zero-order chi connectivity index (χ0) is 24.1. The lowest BCUT2D eigenvalue weighted by Crippen LogP contribution is -2.13. The number of furan rings is 2. The van der Waals surface area contributed by atoms with Crippen molar-refractivity contribution in [1.29, 1.82) is 0 Å². The number of hydrogen-bond acceptors (Lipinski definition) is 6. The number of amides is 1. The summed E-state index contributed by atoms with van der Waals surface area (Å²) in [6, 6.07) is 22.2. The molecule has 0 atom stereocenters. The molecule has 0 spiro atoms. The van der Waals surface area contributed by atoms with Gasteiger partial charge in [-0.1, -0.05) is 54.1 Å². The first-order valence-electron chi connectivity index (χ1n) is 10.9. The van der Waals surface area contributed by atoms with Crippen LogP contribution in [0.15, 0.2) is 96.9 Å². The van der Waals surface area contributed by atoms with Crippen molar-refractivity contribution in [3.8, 4) is 0 Å². The monoisotopic (exact) mass is 463 g/mol. The Kier molecular flexibility index (Phi) is 4.64. The van der Waals surface area contributed by atoms with Gasteiger partial charge >= 0.3 is 5.78 Å². The number of carbonyl (C=O) groups is 2. The first kappa shape index (κ1) is 20.7. The molecule has 0 fully saturated rings. The number of hydrogen-bond donors (Lipinski definition) is 1. The molecule has 3 aromatic carbocycles. The molecule has 3 aromatic heterocycles. The Morgan fingerprint density at radius 3 is 2.14 bits per heavy atom. The van der Waals surface area contributed by atoms with E-state index in [-0.39, 0.29) is 39.6 Å². The molecule has 7 heteroatoms. The number of carbonyl (C=O) groups excluding carboxylic acids is 2. The fourth-order valence-corrected chi connectivity index (χ4v) is 4.05. The lowest BCUT2D eigenvalue weighted by molar-refractivity contribution is 0.0996. The lowest BCUT2D eigenvalue weighted by atomic mass is 10.1. The van der Waals surface area contributed by atoms with Crippen LogP contribution in [0.1, 0.15) is 32.2 Å². The number of para-hydroxylation sites is 2. The smallest absolute Gasteiger partial charge is 0.302 e. The van der Waals surface area contributed by atoms with E-state index in [2.05, 4.69) is 5.32 Å². The third-order valence-corrected chi connectivity index (χ3v) is 5.85. The van der Waals surface area contributed by atoms with Crippen LogP contribution >= 0.6 is 0 Å². The second kappa shape index (κ2) is 7.85. The number of fused-ring (bicyclic) bond motifs is 3. The highest BCUT2D eigenvalue weighted by Gasteiger charge is 2.25. The number of aryl methyl sites for hydroxylation is 1. The van der Waals surface area contributed by atoms with Crippen molar-refractivity contribution in [2.45, 2.75) is 6.92 Å². The van der Waals surface area contributed by atoms with E-state index >= 15 is 0 Å². The molecule has 0 unspecified atom stereocenters. The number of rotatable bonds is 4. The van der Waals surface area contributed by atoms with E-state index in [0.29, 0.717) is 27.5 Å². The highest BCUT2D eigenvalue weighted by Crippen LogP contribution is 2.33. The van der Waals surface area contributed by atoms with E-state index in [0.717, 1.165) is 5.56 Å². The van der Waals surface area contributed by atoms with E-state index in [1.54, 1.807) is 60.7 Å². The van der Waals surface area contributed by atoms with Crippen LogP contribution in [0.25, 0.3) is 33.1 Å². The van der Waals surface area contributed by atoms with Crippen LogP contribution in [0.2, 0.25) is 0 Å². The summed E-state index contributed by atoms with van der Waals surface area (Å²) in [6.07, 6.45) is 0. The molecule has 0 saturated heterocycles. The maximum absolute atomic E-state index is 13.3. The van der Waals surface area contributed by atoms with Crippen LogP contribution in [-0.4, -0.2) is 11.7 Å². The van der Waals surface area contributed by atoms with Gasteiger partial charge in [0, 0.05) is 17.0 Å². The van der Waals surface area contributed by atoms with Crippen molar-refractivity contribution >= 4 is 50.5 Å². The largest absolute Gasteiger partial charge is 0.450 e. The van der Waals surface area contributed by atoms with E-state index in [1.807, 2.05) is 19.1 Å². The van der Waals surface area contributed by atoms with Crippen molar-refractivity contribution in [3.63, 3.8) is 0 Å². The molecule has 1 N–H and O–H groups in total. The quantitative estimate of drug-likeness (QED) is 0.318. The zero-order valence-corrected chi connectivity index (χ0v) is 18.5. The average molecular weight is 463 g/mol. The second-order valence-corrected chi connectivity index (χ2v) is 8.19. The second-order valence-electron chi connectivity index (χ2n) is 8.19. The highest BCUT2D eigenvalue weighted by molar-refractivity contribution is 6.18. The van der Waals surface area contributed by atoms with Gasteiger partial charge in [0.1, 0.15) is 16.6 Å². The molecule has 0 aliphatic rings. The summed E-state index contributed by atoms with van der Waals surface area (Å²) in [5.41, 5.74) is 2.18. The molecule has 0 aliphatic carbocycles. The summed E-state index contributed by atoms with van der Waals surface area (Å²) in [5.74, 6) is -1.20. The molecular weight excluding hydrogens is 446 g/mol. The van der Waals surface area contributed by atoms with Gasteiger partial charge in [-0.3, -0.25) is 14.4 Å². The SMILES string of the molecule is Cc1ccc(C(=O)c2oc3ccccc3c2NC(=O)c2cc3c(=O)c4ccccc4oc3o2)cc1. The number of benzene rings is 3. The molecule has 0 radical (unpaired) electrons. The van der Waals surface area contributed by atoms with Crippen LogP contribution in [0.5, 0.6) is 0 Å². The van der Waals surface area contributed by atoms with E-state index < -0.39 is 5.91 Å². The summed E-state index contributed by atoms with van der Waals surface area (Å²) >= 11 is 0. The summed E-state index contributed by atoms with van der Waals surface area (Å²) < 4.78 is 17.1. The van der Waals surface area contributed by atoms with Crippen molar-refractivity contribution in [2.24, 2.45) is 0 Å². The molecule has 3 heterocycles. The van der Waals surface area contributed by atoms with Gasteiger partial charge in [-0.15, -0.1) is 0 Å². The first-order valence-corrected chi connectivity index (χ1v) is 10.9. The Balaban J connectivity index is 1.43. The zero-order valence-electron chi connectivity index (χ0n) is 18.5. The van der Waals surface area contributed by atoms with Crippen molar-refractivity contribution in [3.05, 3.63) is 112 Å². The van der Waals surface area contributed by atoms with Gasteiger partial charge in [0.05, 0.1) is 11.1 Å². The van der Waals surface area contributed by atoms with Gasteiger partial charge in [-0.25, -0.2) is 0 Å². The molecule has 1 amide bonds. The molecule has 0 aliphatic heterocycles. The average Bonchev–Trinajstić information content (AvgIpc) is 3.47. The summed E-state index contributed by atoms with van der Waals surface area (Å²) in [6.45, 7) is 1.93. The van der Waals surface area contributed by atoms with Crippen LogP contribution in [0.4, 0.5) is 5.69 Å². The molecule has 7 nitrogen and oxygen atoms in total. The fourth-order valence-electron chi connectivity index (χ4n) is 4.05. The maximum Gasteiger partial charge on any atom is 0.302 e. The number of nitrogens with one attached hydrogen (secondary N) is 1. The predicted molar refractivity (Wildman–Crippen MR) is 131 cm³/mol. The maximum atomic E-state index is 13.3. The van der Waals surface area contributed by atoms with Crippen molar-refractivity contribution in [1.82, 2.24) is 0 Å². The summed E-state index contributed by atoms with van der Waals surface area (Å²) in [5, 5.41) is 3.85. The van der Waals surface area contributed by atoms with Crippen molar-refractivity contribution in [2.75, 3.05) is 5.32 Å². The molecule has 0 bridgehead atoms. The Morgan fingerprint density at radius 1 is 0.743 bits per heavy atom. The van der Waals surface area contributed by atoms with Crippen LogP contribution in [0.3, 0.4) is 0 Å². The molecule has 170 valence electrons. The van der Waals surface area contributed by atoms with Gasteiger partial charge in [-0.2, -0.15) is 0 Å². The van der Waals surface area contributed by atoms with Crippen LogP contribution in [0, 0.1) is 6.92 Å². The summed E-state index contributed by atoms with van der Waals surface area (Å²) in [4.78, 5) is 39.3. The predicted octanol–water partition coefficient (Wildman–Crippen LogP) is 6.08. The Labute approximate surface area is 197 Å². The van der Waals surface area contributed by atoms with Gasteiger partial charge < -0.3 is 18.6 Å². The van der Waals surface area contributed by atoms with E-state index in [9.17, 15) is 14.4 Å².